The summed E-state index contributed by atoms with van der Waals surface area (Å²) in [6.45, 7) is 4.26. The van der Waals surface area contributed by atoms with Crippen LogP contribution in [-0.2, 0) is 9.47 Å². The van der Waals surface area contributed by atoms with Gasteiger partial charge in [0.25, 0.3) is 0 Å². The molecule has 160 valence electrons. The Kier molecular flexibility index (Phi) is 15.0. The number of aliphatic hydroxyl groups excluding tert-OH is 3. The van der Waals surface area contributed by atoms with Crippen molar-refractivity contribution in [3.63, 3.8) is 0 Å². The van der Waals surface area contributed by atoms with Gasteiger partial charge in [-0.3, -0.25) is 0 Å². The second-order valence-corrected chi connectivity index (χ2v) is 7.76. The highest BCUT2D eigenvalue weighted by atomic mass is 16.6. The third-order valence-electron chi connectivity index (χ3n) is 5.40. The smallest absolute Gasteiger partial charge is 0.111 e. The molecular weight excluding hydrogens is 344 g/mol. The minimum absolute atomic E-state index is 0.220. The predicted molar refractivity (Wildman–Crippen MR) is 109 cm³/mol. The molecule has 0 aromatic rings. The summed E-state index contributed by atoms with van der Waals surface area (Å²) < 4.78 is 11.0. The van der Waals surface area contributed by atoms with Gasteiger partial charge in [0.15, 0.2) is 0 Å². The van der Waals surface area contributed by atoms with Gasteiger partial charge in [-0.15, -0.1) is 6.58 Å². The molecule has 5 heteroatoms. The van der Waals surface area contributed by atoms with Gasteiger partial charge in [-0.25, -0.2) is 0 Å². The summed E-state index contributed by atoms with van der Waals surface area (Å²) >= 11 is 0. The Bertz CT molecular complexity index is 350. The molecule has 0 aromatic heterocycles. The van der Waals surface area contributed by atoms with Crippen molar-refractivity contribution in [1.82, 2.24) is 0 Å². The van der Waals surface area contributed by atoms with Crippen molar-refractivity contribution >= 4 is 0 Å². The standard InChI is InChI=1S/C22H42O5/c1-2-3-4-5-6-7-8-9-10-11-12-13-14-15-16-26-20-18-27-19(17-23)21(24)22(20)25/h2,19-25H,1,3-18H2/t19-,20+,21-,22-/m0/s1. The molecule has 0 radical (unpaired) electrons. The van der Waals surface area contributed by atoms with E-state index in [1.54, 1.807) is 0 Å². The summed E-state index contributed by atoms with van der Waals surface area (Å²) in [6, 6.07) is 0. The maximum Gasteiger partial charge on any atom is 0.111 e. The SMILES string of the molecule is C=CCCCCCCCCCCCCCCO[C@@H]1CO[C@@H](CO)[C@H](O)[C@H]1O. The van der Waals surface area contributed by atoms with Crippen LogP contribution in [0.5, 0.6) is 0 Å². The molecule has 0 spiro atoms. The molecule has 27 heavy (non-hydrogen) atoms. The highest BCUT2D eigenvalue weighted by molar-refractivity contribution is 4.87. The number of rotatable bonds is 17. The number of aliphatic hydroxyl groups is 3. The Hall–Kier alpha value is -0.460. The van der Waals surface area contributed by atoms with E-state index in [1.807, 2.05) is 6.08 Å². The number of allylic oxidation sites excluding steroid dienone is 1. The molecule has 1 heterocycles. The maximum absolute atomic E-state index is 9.98. The first-order valence-corrected chi connectivity index (χ1v) is 11.0. The molecule has 0 amide bonds. The Balaban J connectivity index is 1.83. The van der Waals surface area contributed by atoms with E-state index in [0.717, 1.165) is 19.3 Å². The first kappa shape index (κ1) is 24.6. The number of hydrogen-bond acceptors (Lipinski definition) is 5. The van der Waals surface area contributed by atoms with Crippen LogP contribution in [0.15, 0.2) is 12.7 Å². The van der Waals surface area contributed by atoms with E-state index in [2.05, 4.69) is 6.58 Å². The third kappa shape index (κ3) is 11.2. The van der Waals surface area contributed by atoms with Crippen LogP contribution in [0.3, 0.4) is 0 Å². The predicted octanol–water partition coefficient (Wildman–Crippen LogP) is 3.74. The van der Waals surface area contributed by atoms with E-state index in [0.29, 0.717) is 6.61 Å². The van der Waals surface area contributed by atoms with Gasteiger partial charge in [-0.2, -0.15) is 0 Å². The van der Waals surface area contributed by atoms with Crippen LogP contribution >= 0.6 is 0 Å². The Morgan fingerprint density at radius 2 is 1.33 bits per heavy atom. The van der Waals surface area contributed by atoms with E-state index in [1.165, 1.54) is 64.2 Å². The van der Waals surface area contributed by atoms with Crippen molar-refractivity contribution in [2.45, 2.75) is 108 Å². The molecule has 0 unspecified atom stereocenters. The van der Waals surface area contributed by atoms with Crippen molar-refractivity contribution in [2.24, 2.45) is 0 Å². The van der Waals surface area contributed by atoms with Gasteiger partial charge in [-0.05, 0) is 19.3 Å². The molecule has 1 rings (SSSR count). The van der Waals surface area contributed by atoms with E-state index in [4.69, 9.17) is 14.6 Å². The van der Waals surface area contributed by atoms with Crippen molar-refractivity contribution in [3.8, 4) is 0 Å². The van der Waals surface area contributed by atoms with Crippen LogP contribution in [0.25, 0.3) is 0 Å². The van der Waals surface area contributed by atoms with Crippen LogP contribution in [0.4, 0.5) is 0 Å². The molecular formula is C22H42O5. The van der Waals surface area contributed by atoms with Crippen LogP contribution in [0, 0.1) is 0 Å². The summed E-state index contributed by atoms with van der Waals surface area (Å²) in [5.41, 5.74) is 0. The fraction of sp³-hybridized carbons (Fsp3) is 0.909. The molecule has 5 nitrogen and oxygen atoms in total. The summed E-state index contributed by atoms with van der Waals surface area (Å²) in [5.74, 6) is 0. The van der Waals surface area contributed by atoms with Crippen molar-refractivity contribution in [1.29, 1.82) is 0 Å². The van der Waals surface area contributed by atoms with Crippen LogP contribution in [0.1, 0.15) is 83.5 Å². The first-order chi connectivity index (χ1) is 13.2. The van der Waals surface area contributed by atoms with Gasteiger partial charge in [0.05, 0.1) is 13.2 Å². The Morgan fingerprint density at radius 3 is 1.85 bits per heavy atom. The van der Waals surface area contributed by atoms with Crippen LogP contribution in [0.2, 0.25) is 0 Å². The molecule has 0 bridgehead atoms. The van der Waals surface area contributed by atoms with Crippen molar-refractivity contribution in [2.75, 3.05) is 19.8 Å². The number of unbranched alkanes of at least 4 members (excludes halogenated alkanes) is 12. The fourth-order valence-corrected chi connectivity index (χ4v) is 3.56. The lowest BCUT2D eigenvalue weighted by Gasteiger charge is -2.36. The van der Waals surface area contributed by atoms with E-state index < -0.39 is 24.4 Å². The average molecular weight is 387 g/mol. The van der Waals surface area contributed by atoms with Gasteiger partial charge >= 0.3 is 0 Å². The van der Waals surface area contributed by atoms with Gasteiger partial charge < -0.3 is 24.8 Å². The highest BCUT2D eigenvalue weighted by Crippen LogP contribution is 2.18. The zero-order valence-corrected chi connectivity index (χ0v) is 17.1. The minimum Gasteiger partial charge on any atom is -0.394 e. The monoisotopic (exact) mass is 386 g/mol. The molecule has 4 atom stereocenters. The largest absolute Gasteiger partial charge is 0.394 e. The maximum atomic E-state index is 9.98. The third-order valence-corrected chi connectivity index (χ3v) is 5.40. The molecule has 1 saturated heterocycles. The Labute approximate surface area is 165 Å². The zero-order valence-electron chi connectivity index (χ0n) is 17.1. The lowest BCUT2D eigenvalue weighted by atomic mass is 10.0. The number of hydrogen-bond donors (Lipinski definition) is 3. The molecule has 1 aliphatic heterocycles. The van der Waals surface area contributed by atoms with Gasteiger partial charge in [-0.1, -0.05) is 70.3 Å². The van der Waals surface area contributed by atoms with E-state index >= 15 is 0 Å². The summed E-state index contributed by atoms with van der Waals surface area (Å²) in [6.07, 6.45) is 15.3. The van der Waals surface area contributed by atoms with Gasteiger partial charge in [0, 0.05) is 6.61 Å². The lowest BCUT2D eigenvalue weighted by Crippen LogP contribution is -2.55. The van der Waals surface area contributed by atoms with Gasteiger partial charge in [0.1, 0.15) is 24.4 Å². The normalized spacial score (nSPS) is 25.6. The molecule has 0 saturated carbocycles. The fourth-order valence-electron chi connectivity index (χ4n) is 3.56. The average Bonchev–Trinajstić information content (AvgIpc) is 2.68. The zero-order chi connectivity index (χ0) is 19.7. The van der Waals surface area contributed by atoms with Crippen LogP contribution in [-0.4, -0.2) is 59.6 Å². The number of ether oxygens (including phenoxy) is 2. The molecule has 1 aliphatic rings. The summed E-state index contributed by atoms with van der Waals surface area (Å²) in [7, 11) is 0. The summed E-state index contributed by atoms with van der Waals surface area (Å²) in [4.78, 5) is 0. The second-order valence-electron chi connectivity index (χ2n) is 7.76. The van der Waals surface area contributed by atoms with E-state index in [9.17, 15) is 10.2 Å². The highest BCUT2D eigenvalue weighted by Gasteiger charge is 2.38. The first-order valence-electron chi connectivity index (χ1n) is 11.0. The molecule has 1 fully saturated rings. The Morgan fingerprint density at radius 1 is 0.815 bits per heavy atom. The van der Waals surface area contributed by atoms with Crippen molar-refractivity contribution < 1.29 is 24.8 Å². The minimum atomic E-state index is -1.08. The molecule has 3 N–H and O–H groups in total. The lowest BCUT2D eigenvalue weighted by molar-refractivity contribution is -0.208. The molecule has 0 aliphatic carbocycles. The van der Waals surface area contributed by atoms with E-state index in [-0.39, 0.29) is 13.2 Å². The topological polar surface area (TPSA) is 79.2 Å². The quantitative estimate of drug-likeness (QED) is 0.262. The van der Waals surface area contributed by atoms with Gasteiger partial charge in [0.2, 0.25) is 0 Å². The van der Waals surface area contributed by atoms with Crippen molar-refractivity contribution in [3.05, 3.63) is 12.7 Å². The second kappa shape index (κ2) is 16.5. The summed E-state index contributed by atoms with van der Waals surface area (Å²) in [5, 5.41) is 28.8. The molecule has 0 aromatic carbocycles. The van der Waals surface area contributed by atoms with Crippen LogP contribution < -0.4 is 0 Å².